The second-order valence-corrected chi connectivity index (χ2v) is 6.84. The van der Waals surface area contributed by atoms with Crippen molar-refractivity contribution in [2.45, 2.75) is 11.8 Å². The molecule has 5 nitrogen and oxygen atoms in total. The molecule has 3 N–H and O–H groups in total. The van der Waals surface area contributed by atoms with Crippen molar-refractivity contribution < 1.29 is 13.2 Å². The number of nitrogens with two attached hydrogens (primary N) is 1. The van der Waals surface area contributed by atoms with E-state index >= 15 is 0 Å². The van der Waals surface area contributed by atoms with Gasteiger partial charge >= 0.3 is 0 Å². The monoisotopic (exact) mass is 306 g/mol. The molecule has 112 valence electrons. The summed E-state index contributed by atoms with van der Waals surface area (Å²) in [5, 5.41) is 3.20. The fraction of sp³-hybridized carbons (Fsp3) is 0.200. The molecule has 0 fully saturated rings. The summed E-state index contributed by atoms with van der Waals surface area (Å²) >= 11 is 0. The average molecular weight is 306 g/mol. The van der Waals surface area contributed by atoms with Crippen LogP contribution in [0, 0.1) is 6.92 Å². The third-order valence-corrected chi connectivity index (χ3v) is 4.26. The van der Waals surface area contributed by atoms with Gasteiger partial charge in [-0.25, -0.2) is 8.42 Å². The average Bonchev–Trinajstić information content (AvgIpc) is 2.41. The van der Waals surface area contributed by atoms with E-state index in [2.05, 4.69) is 5.32 Å². The molecule has 0 unspecified atom stereocenters. The normalized spacial score (nSPS) is 11.2. The predicted molar refractivity (Wildman–Crippen MR) is 85.0 cm³/mol. The molecule has 2 rings (SSSR count). The lowest BCUT2D eigenvalue weighted by Gasteiger charge is -2.13. The number of nitrogen functional groups attached to an aromatic ring is 1. The minimum Gasteiger partial charge on any atom is -0.497 e. The third-order valence-electron chi connectivity index (χ3n) is 3.15. The molecule has 0 heterocycles. The molecule has 0 amide bonds. The Hall–Kier alpha value is -2.21. The van der Waals surface area contributed by atoms with Crippen molar-refractivity contribution in [1.29, 1.82) is 0 Å². The van der Waals surface area contributed by atoms with Gasteiger partial charge in [0.25, 0.3) is 0 Å². The number of nitrogens with one attached hydrogen (secondary N) is 1. The Bertz CT molecular complexity index is 770. The maximum absolute atomic E-state index is 11.5. The van der Waals surface area contributed by atoms with Gasteiger partial charge < -0.3 is 15.8 Å². The van der Waals surface area contributed by atoms with E-state index in [1.54, 1.807) is 13.2 Å². The van der Waals surface area contributed by atoms with Gasteiger partial charge in [0, 0.05) is 11.9 Å². The van der Waals surface area contributed by atoms with Gasteiger partial charge in [-0.3, -0.25) is 0 Å². The number of hydrogen-bond donors (Lipinski definition) is 2. The number of sulfone groups is 1. The highest BCUT2D eigenvalue weighted by Crippen LogP contribution is 2.29. The van der Waals surface area contributed by atoms with Crippen LogP contribution in [0.25, 0.3) is 0 Å². The Labute approximate surface area is 124 Å². The molecule has 0 atom stereocenters. The summed E-state index contributed by atoms with van der Waals surface area (Å²) in [6.45, 7) is 1.95. The Morgan fingerprint density at radius 1 is 1.10 bits per heavy atom. The number of benzene rings is 2. The summed E-state index contributed by atoms with van der Waals surface area (Å²) in [6, 6.07) is 10.3. The van der Waals surface area contributed by atoms with Crippen LogP contribution in [0.4, 0.5) is 17.1 Å². The van der Waals surface area contributed by atoms with Crippen molar-refractivity contribution in [3.63, 3.8) is 0 Å². The second kappa shape index (κ2) is 5.65. The van der Waals surface area contributed by atoms with Gasteiger partial charge in [0.2, 0.25) is 0 Å². The van der Waals surface area contributed by atoms with Crippen LogP contribution < -0.4 is 15.8 Å². The maximum Gasteiger partial charge on any atom is 0.175 e. The summed E-state index contributed by atoms with van der Waals surface area (Å²) in [5.74, 6) is 0.776. The molecule has 0 saturated heterocycles. The van der Waals surface area contributed by atoms with Gasteiger partial charge in [0.05, 0.1) is 23.4 Å². The molecule has 2 aromatic rings. The first-order chi connectivity index (χ1) is 9.81. The summed E-state index contributed by atoms with van der Waals surface area (Å²) in [4.78, 5) is 0.206. The highest BCUT2D eigenvalue weighted by atomic mass is 32.2. The van der Waals surface area contributed by atoms with E-state index in [-0.39, 0.29) is 4.90 Å². The molecule has 0 aliphatic carbocycles. The molecule has 0 radical (unpaired) electrons. The van der Waals surface area contributed by atoms with E-state index in [1.165, 1.54) is 12.1 Å². The smallest absolute Gasteiger partial charge is 0.175 e. The summed E-state index contributed by atoms with van der Waals surface area (Å²) in [6.07, 6.45) is 1.16. The van der Waals surface area contributed by atoms with Crippen LogP contribution in [-0.2, 0) is 9.84 Å². The van der Waals surface area contributed by atoms with Crippen molar-refractivity contribution in [3.05, 3.63) is 42.0 Å². The van der Waals surface area contributed by atoms with E-state index in [9.17, 15) is 8.42 Å². The zero-order valence-electron chi connectivity index (χ0n) is 12.2. The Balaban J connectivity index is 2.32. The van der Waals surface area contributed by atoms with Gasteiger partial charge in [-0.15, -0.1) is 0 Å². The van der Waals surface area contributed by atoms with Crippen LogP contribution in [0.3, 0.4) is 0 Å². The topological polar surface area (TPSA) is 81.4 Å². The van der Waals surface area contributed by atoms with Crippen LogP contribution in [0.15, 0.2) is 41.3 Å². The molecular formula is C15H18N2O3S. The Morgan fingerprint density at radius 3 is 2.29 bits per heavy atom. The van der Waals surface area contributed by atoms with Crippen molar-refractivity contribution in [1.82, 2.24) is 0 Å². The fourth-order valence-electron chi connectivity index (χ4n) is 1.93. The van der Waals surface area contributed by atoms with Gasteiger partial charge in [-0.1, -0.05) is 0 Å². The number of rotatable bonds is 4. The Kier molecular flexibility index (Phi) is 4.09. The largest absolute Gasteiger partial charge is 0.497 e. The van der Waals surface area contributed by atoms with E-state index in [0.717, 1.165) is 23.3 Å². The SMILES string of the molecule is COc1ccc(Nc2ccc(S(C)(=O)=O)cc2N)c(C)c1. The number of hydrogen-bond acceptors (Lipinski definition) is 5. The lowest BCUT2D eigenvalue weighted by molar-refractivity contribution is 0.414. The lowest BCUT2D eigenvalue weighted by atomic mass is 10.1. The van der Waals surface area contributed by atoms with Crippen molar-refractivity contribution in [3.8, 4) is 5.75 Å². The van der Waals surface area contributed by atoms with Crippen molar-refractivity contribution in [2.75, 3.05) is 24.4 Å². The standard InChI is InChI=1S/C15H18N2O3S/c1-10-8-11(20-2)4-6-14(10)17-15-7-5-12(9-13(15)16)21(3,18)19/h4-9,17H,16H2,1-3H3. The van der Waals surface area contributed by atoms with Crippen molar-refractivity contribution >= 4 is 26.9 Å². The van der Waals surface area contributed by atoms with Gasteiger partial charge in [0.15, 0.2) is 9.84 Å². The molecule has 0 aliphatic heterocycles. The Morgan fingerprint density at radius 2 is 1.76 bits per heavy atom. The van der Waals surface area contributed by atoms with Gasteiger partial charge in [-0.2, -0.15) is 0 Å². The first kappa shape index (κ1) is 15.2. The summed E-state index contributed by atoms with van der Waals surface area (Å²) in [5.41, 5.74) is 8.85. The number of aryl methyl sites for hydroxylation is 1. The second-order valence-electron chi connectivity index (χ2n) is 4.83. The first-order valence-corrected chi connectivity index (χ1v) is 8.21. The molecule has 0 spiro atoms. The van der Waals surface area contributed by atoms with Gasteiger partial charge in [-0.05, 0) is 48.9 Å². The fourth-order valence-corrected chi connectivity index (χ4v) is 2.59. The predicted octanol–water partition coefficient (Wildman–Crippen LogP) is 2.73. The van der Waals surface area contributed by atoms with Crippen LogP contribution in [-0.4, -0.2) is 21.8 Å². The molecule has 2 aromatic carbocycles. The summed E-state index contributed by atoms with van der Waals surface area (Å²) < 4.78 is 28.1. The highest BCUT2D eigenvalue weighted by Gasteiger charge is 2.10. The number of methoxy groups -OCH3 is 1. The van der Waals surface area contributed by atoms with E-state index in [1.807, 2.05) is 25.1 Å². The van der Waals surface area contributed by atoms with Crippen LogP contribution in [0.5, 0.6) is 5.75 Å². The lowest BCUT2D eigenvalue weighted by Crippen LogP contribution is -2.02. The number of ether oxygens (including phenoxy) is 1. The maximum atomic E-state index is 11.5. The first-order valence-electron chi connectivity index (χ1n) is 6.32. The van der Waals surface area contributed by atoms with Crippen molar-refractivity contribution in [2.24, 2.45) is 0 Å². The number of anilines is 3. The molecule has 0 aliphatic rings. The highest BCUT2D eigenvalue weighted by molar-refractivity contribution is 7.90. The zero-order chi connectivity index (χ0) is 15.6. The molecular weight excluding hydrogens is 288 g/mol. The van der Waals surface area contributed by atoms with E-state index in [4.69, 9.17) is 10.5 Å². The molecule has 0 aromatic heterocycles. The third kappa shape index (κ3) is 3.46. The minimum atomic E-state index is -3.26. The molecule has 0 saturated carbocycles. The van der Waals surface area contributed by atoms with Crippen LogP contribution in [0.1, 0.15) is 5.56 Å². The van der Waals surface area contributed by atoms with E-state index < -0.39 is 9.84 Å². The van der Waals surface area contributed by atoms with Crippen LogP contribution >= 0.6 is 0 Å². The zero-order valence-corrected chi connectivity index (χ0v) is 13.0. The van der Waals surface area contributed by atoms with Crippen LogP contribution in [0.2, 0.25) is 0 Å². The minimum absolute atomic E-state index is 0.206. The van der Waals surface area contributed by atoms with E-state index in [0.29, 0.717) is 11.4 Å². The quantitative estimate of drug-likeness (QED) is 0.849. The molecule has 0 bridgehead atoms. The summed E-state index contributed by atoms with van der Waals surface area (Å²) in [7, 11) is -1.64. The van der Waals surface area contributed by atoms with Gasteiger partial charge in [0.1, 0.15) is 5.75 Å². The molecule has 6 heteroatoms. The molecule has 21 heavy (non-hydrogen) atoms.